The van der Waals surface area contributed by atoms with Crippen LogP contribution >= 0.6 is 23.2 Å². The molecule has 1 aromatic carbocycles. The second-order valence-corrected chi connectivity index (χ2v) is 6.98. The lowest BCUT2D eigenvalue weighted by Crippen LogP contribution is -2.44. The number of rotatable bonds is 3. The van der Waals surface area contributed by atoms with Gasteiger partial charge in [0, 0.05) is 29.1 Å². The average molecular weight is 341 g/mol. The van der Waals surface area contributed by atoms with E-state index in [9.17, 15) is 9.59 Å². The molecule has 2 fully saturated rings. The SMILES string of the molecule is NC(=O)[C@H]1CCCN(C(=O)[C@@H]2C[C@H]2c2ccc(Cl)cc2Cl)C1. The summed E-state index contributed by atoms with van der Waals surface area (Å²) in [5, 5.41) is 1.21. The maximum Gasteiger partial charge on any atom is 0.226 e. The highest BCUT2D eigenvalue weighted by Gasteiger charge is 2.47. The van der Waals surface area contributed by atoms with Gasteiger partial charge >= 0.3 is 0 Å². The Morgan fingerprint density at radius 2 is 2.05 bits per heavy atom. The summed E-state index contributed by atoms with van der Waals surface area (Å²) >= 11 is 12.1. The molecule has 22 heavy (non-hydrogen) atoms. The van der Waals surface area contributed by atoms with Crippen molar-refractivity contribution in [3.05, 3.63) is 33.8 Å². The topological polar surface area (TPSA) is 63.4 Å². The van der Waals surface area contributed by atoms with Crippen molar-refractivity contribution in [3.8, 4) is 0 Å². The zero-order valence-corrected chi connectivity index (χ0v) is 13.6. The van der Waals surface area contributed by atoms with Crippen molar-refractivity contribution in [2.45, 2.75) is 25.2 Å². The molecule has 0 radical (unpaired) electrons. The smallest absolute Gasteiger partial charge is 0.226 e. The number of likely N-dealkylation sites (tertiary alicyclic amines) is 1. The van der Waals surface area contributed by atoms with Crippen LogP contribution in [0.3, 0.4) is 0 Å². The number of hydrogen-bond acceptors (Lipinski definition) is 2. The highest BCUT2D eigenvalue weighted by Crippen LogP contribution is 2.51. The monoisotopic (exact) mass is 340 g/mol. The summed E-state index contributed by atoms with van der Waals surface area (Å²) < 4.78 is 0. The van der Waals surface area contributed by atoms with Crippen LogP contribution in [0.4, 0.5) is 0 Å². The van der Waals surface area contributed by atoms with E-state index < -0.39 is 0 Å². The Morgan fingerprint density at radius 1 is 1.27 bits per heavy atom. The van der Waals surface area contributed by atoms with Gasteiger partial charge in [0.2, 0.25) is 11.8 Å². The largest absolute Gasteiger partial charge is 0.369 e. The Balaban J connectivity index is 1.66. The van der Waals surface area contributed by atoms with Crippen molar-refractivity contribution in [2.24, 2.45) is 17.6 Å². The molecule has 1 aliphatic carbocycles. The first kappa shape index (κ1) is 15.6. The number of nitrogens with two attached hydrogens (primary N) is 1. The van der Waals surface area contributed by atoms with Crippen LogP contribution in [0.2, 0.25) is 10.0 Å². The maximum absolute atomic E-state index is 12.6. The predicted octanol–water partition coefficient (Wildman–Crippen LogP) is 2.82. The molecule has 1 aliphatic heterocycles. The molecule has 0 bridgehead atoms. The first-order chi connectivity index (χ1) is 10.5. The van der Waals surface area contributed by atoms with Gasteiger partial charge in [-0.25, -0.2) is 0 Å². The highest BCUT2D eigenvalue weighted by atomic mass is 35.5. The zero-order valence-electron chi connectivity index (χ0n) is 12.1. The van der Waals surface area contributed by atoms with E-state index in [2.05, 4.69) is 0 Å². The number of piperidine rings is 1. The first-order valence-corrected chi connectivity index (χ1v) is 8.26. The molecule has 1 aromatic rings. The number of nitrogens with zero attached hydrogens (tertiary/aromatic N) is 1. The minimum atomic E-state index is -0.314. The minimum Gasteiger partial charge on any atom is -0.369 e. The third kappa shape index (κ3) is 3.08. The fraction of sp³-hybridized carbons (Fsp3) is 0.500. The summed E-state index contributed by atoms with van der Waals surface area (Å²) in [6, 6.07) is 5.40. The van der Waals surface area contributed by atoms with Gasteiger partial charge in [-0.3, -0.25) is 9.59 Å². The van der Waals surface area contributed by atoms with Crippen molar-refractivity contribution in [2.75, 3.05) is 13.1 Å². The molecule has 1 heterocycles. The van der Waals surface area contributed by atoms with Gasteiger partial charge in [-0.2, -0.15) is 0 Å². The normalized spacial score (nSPS) is 27.5. The van der Waals surface area contributed by atoms with Crippen LogP contribution in [-0.4, -0.2) is 29.8 Å². The number of carbonyl (C=O) groups excluding carboxylic acids is 2. The van der Waals surface area contributed by atoms with Crippen LogP contribution in [0.15, 0.2) is 18.2 Å². The van der Waals surface area contributed by atoms with Gasteiger partial charge in [0.1, 0.15) is 0 Å². The van der Waals surface area contributed by atoms with Gasteiger partial charge in [0.05, 0.1) is 5.92 Å². The number of hydrogen-bond donors (Lipinski definition) is 1. The molecule has 0 aromatic heterocycles. The van der Waals surface area contributed by atoms with E-state index in [4.69, 9.17) is 28.9 Å². The fourth-order valence-corrected chi connectivity index (χ4v) is 3.81. The maximum atomic E-state index is 12.6. The Hall–Kier alpha value is -1.26. The second kappa shape index (κ2) is 6.09. The standard InChI is InChI=1S/C16H18Cl2N2O2/c17-10-3-4-11(14(18)6-10)12-7-13(12)16(22)20-5-1-2-9(8-20)15(19)21/h3-4,6,9,12-13H,1-2,5,7-8H2,(H2,19,21)/t9-,12-,13+/m0/s1. The van der Waals surface area contributed by atoms with Crippen molar-refractivity contribution in [1.82, 2.24) is 4.90 Å². The molecule has 0 spiro atoms. The van der Waals surface area contributed by atoms with E-state index in [-0.39, 0.29) is 29.6 Å². The second-order valence-electron chi connectivity index (χ2n) is 6.14. The summed E-state index contributed by atoms with van der Waals surface area (Å²) in [6.07, 6.45) is 2.41. The van der Waals surface area contributed by atoms with Gasteiger partial charge in [-0.15, -0.1) is 0 Å². The van der Waals surface area contributed by atoms with Crippen molar-refractivity contribution < 1.29 is 9.59 Å². The van der Waals surface area contributed by atoms with Crippen LogP contribution in [0.25, 0.3) is 0 Å². The van der Waals surface area contributed by atoms with E-state index in [0.29, 0.717) is 23.1 Å². The van der Waals surface area contributed by atoms with Gasteiger partial charge in [0.25, 0.3) is 0 Å². The van der Waals surface area contributed by atoms with E-state index in [1.165, 1.54) is 0 Å². The Labute approximate surface area is 139 Å². The van der Waals surface area contributed by atoms with Crippen molar-refractivity contribution >= 4 is 35.0 Å². The Kier molecular flexibility index (Phi) is 4.33. The van der Waals surface area contributed by atoms with Gasteiger partial charge in [-0.1, -0.05) is 29.3 Å². The zero-order chi connectivity index (χ0) is 15.9. The minimum absolute atomic E-state index is 0.0368. The van der Waals surface area contributed by atoms with Crippen molar-refractivity contribution in [1.29, 1.82) is 0 Å². The number of benzene rings is 1. The van der Waals surface area contributed by atoms with Crippen LogP contribution in [0.1, 0.15) is 30.7 Å². The Morgan fingerprint density at radius 3 is 2.73 bits per heavy atom. The summed E-state index contributed by atoms with van der Waals surface area (Å²) in [7, 11) is 0. The van der Waals surface area contributed by atoms with E-state index in [0.717, 1.165) is 24.8 Å². The number of primary amides is 1. The third-order valence-electron chi connectivity index (χ3n) is 4.61. The molecule has 3 atom stereocenters. The van der Waals surface area contributed by atoms with Gasteiger partial charge in [-0.05, 0) is 42.9 Å². The van der Waals surface area contributed by atoms with Crippen LogP contribution < -0.4 is 5.73 Å². The van der Waals surface area contributed by atoms with Gasteiger partial charge in [0.15, 0.2) is 0 Å². The predicted molar refractivity (Wildman–Crippen MR) is 85.8 cm³/mol. The summed E-state index contributed by atoms with van der Waals surface area (Å²) in [4.78, 5) is 25.7. The lowest BCUT2D eigenvalue weighted by Gasteiger charge is -2.31. The molecule has 6 heteroatoms. The molecule has 3 rings (SSSR count). The lowest BCUT2D eigenvalue weighted by atomic mass is 9.97. The molecule has 118 valence electrons. The average Bonchev–Trinajstić information content (AvgIpc) is 3.27. The summed E-state index contributed by atoms with van der Waals surface area (Å²) in [6.45, 7) is 1.16. The quantitative estimate of drug-likeness (QED) is 0.919. The molecule has 2 aliphatic rings. The van der Waals surface area contributed by atoms with Gasteiger partial charge < -0.3 is 10.6 Å². The summed E-state index contributed by atoms with van der Waals surface area (Å²) in [5.74, 6) is -0.293. The van der Waals surface area contributed by atoms with E-state index in [1.54, 1.807) is 17.0 Å². The molecule has 4 nitrogen and oxygen atoms in total. The highest BCUT2D eigenvalue weighted by molar-refractivity contribution is 6.35. The number of halogens is 2. The molecule has 1 saturated carbocycles. The molecule has 1 saturated heterocycles. The summed E-state index contributed by atoms with van der Waals surface area (Å²) in [5.41, 5.74) is 6.35. The molecular weight excluding hydrogens is 323 g/mol. The molecule has 0 unspecified atom stereocenters. The molecule has 2 amide bonds. The third-order valence-corrected chi connectivity index (χ3v) is 5.17. The van der Waals surface area contributed by atoms with Crippen LogP contribution in [0.5, 0.6) is 0 Å². The fourth-order valence-electron chi connectivity index (χ4n) is 3.26. The molecular formula is C16H18Cl2N2O2. The lowest BCUT2D eigenvalue weighted by molar-refractivity contribution is -0.136. The van der Waals surface area contributed by atoms with Crippen LogP contribution in [0, 0.1) is 11.8 Å². The van der Waals surface area contributed by atoms with Crippen LogP contribution in [-0.2, 0) is 9.59 Å². The number of carbonyl (C=O) groups is 2. The van der Waals surface area contributed by atoms with E-state index in [1.807, 2.05) is 6.07 Å². The van der Waals surface area contributed by atoms with E-state index >= 15 is 0 Å². The molecule has 2 N–H and O–H groups in total. The first-order valence-electron chi connectivity index (χ1n) is 7.50. The Bertz CT molecular complexity index is 620. The van der Waals surface area contributed by atoms with Crippen molar-refractivity contribution in [3.63, 3.8) is 0 Å². The number of amides is 2.